The molecular formula is C20H24N6O5S2. The second-order valence-corrected chi connectivity index (χ2v) is 10.4. The molecule has 0 unspecified atom stereocenters. The molecule has 0 bridgehead atoms. The van der Waals surface area contributed by atoms with E-state index in [2.05, 4.69) is 15.3 Å². The molecule has 0 radical (unpaired) electrons. The predicted octanol–water partition coefficient (Wildman–Crippen LogP) is 0.833. The Hall–Kier alpha value is -3.03. The van der Waals surface area contributed by atoms with Crippen molar-refractivity contribution in [3.8, 4) is 0 Å². The Morgan fingerprint density at radius 1 is 1.24 bits per heavy atom. The number of anilines is 1. The number of hydrogen-bond donors (Lipinski definition) is 2. The third-order valence-corrected chi connectivity index (χ3v) is 6.48. The highest BCUT2D eigenvalue weighted by Crippen LogP contribution is 2.23. The van der Waals surface area contributed by atoms with Gasteiger partial charge < -0.3 is 5.32 Å². The number of thioether (sulfide) groups is 1. The van der Waals surface area contributed by atoms with Crippen LogP contribution >= 0.6 is 11.8 Å². The highest BCUT2D eigenvalue weighted by molar-refractivity contribution is 8.00. The quantitative estimate of drug-likeness (QED) is 0.362. The Morgan fingerprint density at radius 2 is 1.94 bits per heavy atom. The summed E-state index contributed by atoms with van der Waals surface area (Å²) in [6, 6.07) is 5.56. The van der Waals surface area contributed by atoms with Crippen molar-refractivity contribution in [3.63, 3.8) is 0 Å². The molecule has 3 rings (SSSR count). The van der Waals surface area contributed by atoms with Crippen molar-refractivity contribution in [3.05, 3.63) is 50.9 Å². The number of nitrogens with one attached hydrogen (secondary N) is 1. The fourth-order valence-electron chi connectivity index (χ4n) is 3.16. The lowest BCUT2D eigenvalue weighted by Crippen LogP contribution is -2.39. The van der Waals surface area contributed by atoms with Gasteiger partial charge in [-0.05, 0) is 31.0 Å². The summed E-state index contributed by atoms with van der Waals surface area (Å²) in [5, 5.41) is 8.17. The van der Waals surface area contributed by atoms with E-state index in [9.17, 15) is 22.8 Å². The second-order valence-electron chi connectivity index (χ2n) is 7.84. The third-order valence-electron chi connectivity index (χ3n) is 4.59. The van der Waals surface area contributed by atoms with Gasteiger partial charge in [-0.1, -0.05) is 31.7 Å². The predicted molar refractivity (Wildman–Crippen MR) is 126 cm³/mol. The topological polar surface area (TPSA) is 159 Å². The Labute approximate surface area is 194 Å². The van der Waals surface area contributed by atoms with Crippen LogP contribution in [0.25, 0.3) is 11.0 Å². The standard InChI is InChI=1S/C20H24N6O5S2/c1-11(2)9-26-17-16(19(28)25(4)20(26)29)18(23-12(3)22-17)32-10-15(27)24-13-6-5-7-14(8-13)33(21,30)31/h5-8,11H,9-10H2,1-4H3,(H,24,27)(H2,21,30,31). The van der Waals surface area contributed by atoms with E-state index < -0.39 is 27.2 Å². The van der Waals surface area contributed by atoms with Gasteiger partial charge >= 0.3 is 5.69 Å². The van der Waals surface area contributed by atoms with Crippen molar-refractivity contribution in [1.29, 1.82) is 0 Å². The van der Waals surface area contributed by atoms with Crippen molar-refractivity contribution >= 4 is 44.4 Å². The van der Waals surface area contributed by atoms with Gasteiger partial charge in [0.05, 0.1) is 10.6 Å². The molecule has 176 valence electrons. The van der Waals surface area contributed by atoms with Crippen LogP contribution < -0.4 is 21.7 Å². The molecule has 2 heterocycles. The lowest BCUT2D eigenvalue weighted by Gasteiger charge is -2.15. The number of carbonyl (C=O) groups is 1. The molecular weight excluding hydrogens is 468 g/mol. The number of sulfonamides is 1. The molecule has 11 nitrogen and oxygen atoms in total. The largest absolute Gasteiger partial charge is 0.332 e. The summed E-state index contributed by atoms with van der Waals surface area (Å²) in [7, 11) is -2.52. The summed E-state index contributed by atoms with van der Waals surface area (Å²) < 4.78 is 25.5. The van der Waals surface area contributed by atoms with Crippen molar-refractivity contribution in [2.45, 2.75) is 37.2 Å². The summed E-state index contributed by atoms with van der Waals surface area (Å²) in [6.07, 6.45) is 0. The van der Waals surface area contributed by atoms with Crippen LogP contribution in [0.1, 0.15) is 19.7 Å². The number of aryl methyl sites for hydroxylation is 1. The molecule has 2 aromatic heterocycles. The number of rotatable bonds is 7. The van der Waals surface area contributed by atoms with Crippen LogP contribution in [0.2, 0.25) is 0 Å². The third kappa shape index (κ3) is 5.49. The van der Waals surface area contributed by atoms with E-state index in [1.807, 2.05) is 13.8 Å². The van der Waals surface area contributed by atoms with Crippen molar-refractivity contribution in [1.82, 2.24) is 19.1 Å². The zero-order chi connectivity index (χ0) is 24.5. The number of benzene rings is 1. The van der Waals surface area contributed by atoms with E-state index in [1.165, 1.54) is 35.9 Å². The number of primary sulfonamides is 1. The van der Waals surface area contributed by atoms with E-state index in [4.69, 9.17) is 5.14 Å². The molecule has 1 amide bonds. The molecule has 0 aliphatic carbocycles. The fourth-order valence-corrected chi connectivity index (χ4v) is 4.58. The average molecular weight is 493 g/mol. The summed E-state index contributed by atoms with van der Waals surface area (Å²) in [5.74, 6) is -0.0640. The van der Waals surface area contributed by atoms with Gasteiger partial charge in [0.15, 0.2) is 5.65 Å². The van der Waals surface area contributed by atoms with Crippen LogP contribution in [0, 0.1) is 12.8 Å². The van der Waals surface area contributed by atoms with E-state index in [-0.39, 0.29) is 38.3 Å². The Morgan fingerprint density at radius 3 is 2.58 bits per heavy atom. The summed E-state index contributed by atoms with van der Waals surface area (Å²) in [6.45, 7) is 5.90. The minimum Gasteiger partial charge on any atom is -0.325 e. The molecule has 0 saturated carbocycles. The van der Waals surface area contributed by atoms with Gasteiger partial charge in [-0.25, -0.2) is 28.3 Å². The number of nitrogens with zero attached hydrogens (tertiary/aromatic N) is 4. The van der Waals surface area contributed by atoms with E-state index in [0.29, 0.717) is 12.4 Å². The lowest BCUT2D eigenvalue weighted by atomic mass is 10.2. The van der Waals surface area contributed by atoms with E-state index >= 15 is 0 Å². The normalized spacial score (nSPS) is 11.8. The smallest absolute Gasteiger partial charge is 0.325 e. The van der Waals surface area contributed by atoms with Crippen molar-refractivity contribution in [2.24, 2.45) is 18.1 Å². The first-order chi connectivity index (χ1) is 15.4. The molecule has 0 aliphatic rings. The molecule has 13 heteroatoms. The Bertz CT molecular complexity index is 1460. The molecule has 0 aliphatic heterocycles. The second kappa shape index (κ2) is 9.45. The molecule has 33 heavy (non-hydrogen) atoms. The molecule has 0 fully saturated rings. The van der Waals surface area contributed by atoms with Crippen LogP contribution in [-0.4, -0.2) is 39.2 Å². The highest BCUT2D eigenvalue weighted by Gasteiger charge is 2.19. The maximum absolute atomic E-state index is 12.9. The van der Waals surface area contributed by atoms with Gasteiger partial charge in [0, 0.05) is 19.3 Å². The van der Waals surface area contributed by atoms with Crippen LogP contribution in [0.5, 0.6) is 0 Å². The van der Waals surface area contributed by atoms with Crippen LogP contribution in [-0.2, 0) is 28.4 Å². The van der Waals surface area contributed by atoms with Crippen LogP contribution in [0.15, 0.2) is 43.8 Å². The number of amides is 1. The molecule has 0 spiro atoms. The van der Waals surface area contributed by atoms with Gasteiger partial charge in [0.25, 0.3) is 5.56 Å². The summed E-state index contributed by atoms with van der Waals surface area (Å²) >= 11 is 1.02. The van der Waals surface area contributed by atoms with Gasteiger partial charge in [-0.2, -0.15) is 0 Å². The molecule has 0 saturated heterocycles. The first kappa shape index (κ1) is 24.6. The molecule has 1 aromatic carbocycles. The van der Waals surface area contributed by atoms with Crippen LogP contribution in [0.3, 0.4) is 0 Å². The van der Waals surface area contributed by atoms with Gasteiger partial charge in [-0.3, -0.25) is 18.7 Å². The van der Waals surface area contributed by atoms with Crippen molar-refractivity contribution < 1.29 is 13.2 Å². The number of carbonyl (C=O) groups excluding carboxylic acids is 1. The fraction of sp³-hybridized carbons (Fsp3) is 0.350. The highest BCUT2D eigenvalue weighted by atomic mass is 32.2. The number of aromatic nitrogens is 4. The van der Waals surface area contributed by atoms with Gasteiger partial charge in [0.1, 0.15) is 16.2 Å². The maximum Gasteiger partial charge on any atom is 0.332 e. The zero-order valence-electron chi connectivity index (χ0n) is 18.5. The van der Waals surface area contributed by atoms with Crippen LogP contribution in [0.4, 0.5) is 5.69 Å². The lowest BCUT2D eigenvalue weighted by molar-refractivity contribution is -0.113. The SMILES string of the molecule is Cc1nc(SCC(=O)Nc2cccc(S(N)(=O)=O)c2)c2c(=O)n(C)c(=O)n(CC(C)C)c2n1. The van der Waals surface area contributed by atoms with Gasteiger partial charge in [0.2, 0.25) is 15.9 Å². The molecule has 0 atom stereocenters. The number of fused-ring (bicyclic) bond motifs is 1. The number of hydrogen-bond acceptors (Lipinski definition) is 8. The molecule has 3 N–H and O–H groups in total. The van der Waals surface area contributed by atoms with Gasteiger partial charge in [-0.15, -0.1) is 0 Å². The Balaban J connectivity index is 1.94. The van der Waals surface area contributed by atoms with E-state index in [1.54, 1.807) is 6.92 Å². The average Bonchev–Trinajstić information content (AvgIpc) is 2.72. The zero-order valence-corrected chi connectivity index (χ0v) is 20.2. The first-order valence-corrected chi connectivity index (χ1v) is 12.5. The Kier molecular flexibility index (Phi) is 7.05. The number of nitrogens with two attached hydrogens (primary N) is 1. The molecule has 3 aromatic rings. The monoisotopic (exact) mass is 492 g/mol. The first-order valence-electron chi connectivity index (χ1n) is 9.92. The maximum atomic E-state index is 12.9. The van der Waals surface area contributed by atoms with E-state index in [0.717, 1.165) is 16.3 Å². The van der Waals surface area contributed by atoms with Crippen molar-refractivity contribution in [2.75, 3.05) is 11.1 Å². The minimum atomic E-state index is -3.91. The minimum absolute atomic E-state index is 0.113. The summed E-state index contributed by atoms with van der Waals surface area (Å²) in [5.41, 5.74) is -0.521. The summed E-state index contributed by atoms with van der Waals surface area (Å²) in [4.78, 5) is 46.6.